The summed E-state index contributed by atoms with van der Waals surface area (Å²) in [7, 11) is 0. The fourth-order valence-corrected chi connectivity index (χ4v) is 3.82. The van der Waals surface area contributed by atoms with Gasteiger partial charge >= 0.3 is 0 Å². The highest BCUT2D eigenvalue weighted by molar-refractivity contribution is 5.81. The van der Waals surface area contributed by atoms with Gasteiger partial charge in [-0.05, 0) is 29.8 Å². The monoisotopic (exact) mass is 426 g/mol. The van der Waals surface area contributed by atoms with Crippen LogP contribution in [-0.4, -0.2) is 64.4 Å². The van der Waals surface area contributed by atoms with Crippen LogP contribution in [0.2, 0.25) is 0 Å². The number of rotatable bonds is 8. The summed E-state index contributed by atoms with van der Waals surface area (Å²) in [6.07, 6.45) is -0.489. The molecule has 1 amide bonds. The van der Waals surface area contributed by atoms with Crippen LogP contribution >= 0.6 is 0 Å². The van der Waals surface area contributed by atoms with Gasteiger partial charge in [-0.1, -0.05) is 24.3 Å². The molecule has 1 aliphatic rings. The highest BCUT2D eigenvalue weighted by Gasteiger charge is 2.19. The maximum absolute atomic E-state index is 13.0. The third kappa shape index (κ3) is 5.66. The Hall–Kier alpha value is -2.81. The number of morpholine rings is 1. The van der Waals surface area contributed by atoms with Gasteiger partial charge in [-0.25, -0.2) is 9.37 Å². The number of nitrogens with one attached hydrogen (secondary N) is 1. The van der Waals surface area contributed by atoms with Gasteiger partial charge in [-0.3, -0.25) is 9.69 Å². The van der Waals surface area contributed by atoms with Crippen molar-refractivity contribution in [1.82, 2.24) is 19.8 Å². The van der Waals surface area contributed by atoms with E-state index < -0.39 is 6.10 Å². The Kier molecular flexibility index (Phi) is 6.91. The van der Waals surface area contributed by atoms with E-state index in [0.29, 0.717) is 38.7 Å². The summed E-state index contributed by atoms with van der Waals surface area (Å²) in [6, 6.07) is 13.7. The van der Waals surface area contributed by atoms with E-state index in [1.54, 1.807) is 12.1 Å². The average Bonchev–Trinajstić information content (AvgIpc) is 3.11. The molecule has 3 aromatic rings. The van der Waals surface area contributed by atoms with Crippen LogP contribution in [0.15, 0.2) is 48.5 Å². The third-order valence-electron chi connectivity index (χ3n) is 5.42. The number of para-hydroxylation sites is 2. The highest BCUT2D eigenvalue weighted by atomic mass is 19.1. The number of fused-ring (bicyclic) bond motifs is 1. The standard InChI is InChI=1S/C23H27FN4O3/c24-18-7-5-17(6-8-18)14-25-23(30)13-22-26-20-3-1-2-4-21(20)28(22)16-19(29)15-27-9-11-31-12-10-27/h1-8,19,29H,9-16H2,(H,25,30). The number of ether oxygens (including phenoxy) is 1. The Bertz CT molecular complexity index is 1020. The number of halogens is 1. The van der Waals surface area contributed by atoms with Crippen molar-refractivity contribution < 1.29 is 19.0 Å². The number of nitrogens with zero attached hydrogens (tertiary/aromatic N) is 3. The van der Waals surface area contributed by atoms with Crippen LogP contribution in [0.1, 0.15) is 11.4 Å². The summed E-state index contributed by atoms with van der Waals surface area (Å²) in [5.41, 5.74) is 2.51. The van der Waals surface area contributed by atoms with Gasteiger partial charge in [-0.15, -0.1) is 0 Å². The number of hydrogen-bond acceptors (Lipinski definition) is 5. The zero-order chi connectivity index (χ0) is 21.6. The first-order valence-electron chi connectivity index (χ1n) is 10.5. The van der Waals surface area contributed by atoms with Crippen molar-refractivity contribution in [2.24, 2.45) is 0 Å². The molecule has 1 aliphatic heterocycles. The van der Waals surface area contributed by atoms with Gasteiger partial charge in [0.25, 0.3) is 0 Å². The Morgan fingerprint density at radius 1 is 1.13 bits per heavy atom. The molecule has 2 aromatic carbocycles. The summed E-state index contributed by atoms with van der Waals surface area (Å²) in [5.74, 6) is 0.127. The first-order chi connectivity index (χ1) is 15.1. The first kappa shape index (κ1) is 21.4. The second-order valence-corrected chi connectivity index (χ2v) is 7.77. The number of aliphatic hydroxyl groups excluding tert-OH is 1. The molecule has 1 aromatic heterocycles. The molecule has 8 heteroatoms. The topological polar surface area (TPSA) is 79.6 Å². The summed E-state index contributed by atoms with van der Waals surface area (Å²) >= 11 is 0. The lowest BCUT2D eigenvalue weighted by atomic mass is 10.2. The van der Waals surface area contributed by atoms with Crippen LogP contribution in [0, 0.1) is 5.82 Å². The largest absolute Gasteiger partial charge is 0.390 e. The number of carbonyl (C=O) groups is 1. The lowest BCUT2D eigenvalue weighted by molar-refractivity contribution is -0.120. The van der Waals surface area contributed by atoms with E-state index in [0.717, 1.165) is 29.7 Å². The number of aromatic nitrogens is 2. The first-order valence-corrected chi connectivity index (χ1v) is 10.5. The molecule has 2 N–H and O–H groups in total. The molecule has 0 radical (unpaired) electrons. The van der Waals surface area contributed by atoms with Gasteiger partial charge in [0.05, 0.1) is 43.3 Å². The summed E-state index contributed by atoms with van der Waals surface area (Å²) in [6.45, 7) is 4.20. The van der Waals surface area contributed by atoms with E-state index in [-0.39, 0.29) is 18.1 Å². The molecule has 4 rings (SSSR count). The minimum atomic E-state index is -0.586. The normalized spacial score (nSPS) is 15.8. The second-order valence-electron chi connectivity index (χ2n) is 7.77. The molecule has 0 saturated carbocycles. The number of amides is 1. The number of carbonyl (C=O) groups excluding carboxylic acids is 1. The van der Waals surface area contributed by atoms with Crippen LogP contribution in [0.3, 0.4) is 0 Å². The molecule has 0 spiro atoms. The Morgan fingerprint density at radius 2 is 1.87 bits per heavy atom. The van der Waals surface area contributed by atoms with Gasteiger partial charge in [0.2, 0.25) is 5.91 Å². The van der Waals surface area contributed by atoms with Gasteiger partial charge in [0.15, 0.2) is 0 Å². The fourth-order valence-electron chi connectivity index (χ4n) is 3.82. The molecule has 2 heterocycles. The quantitative estimate of drug-likeness (QED) is 0.574. The number of benzene rings is 2. The van der Waals surface area contributed by atoms with Gasteiger partial charge in [-0.2, -0.15) is 0 Å². The Balaban J connectivity index is 1.43. The number of hydrogen-bond donors (Lipinski definition) is 2. The van der Waals surface area contributed by atoms with Gasteiger partial charge in [0.1, 0.15) is 11.6 Å². The molecule has 1 atom stereocenters. The number of aliphatic hydroxyl groups is 1. The van der Waals surface area contributed by atoms with E-state index in [2.05, 4.69) is 15.2 Å². The van der Waals surface area contributed by atoms with Gasteiger partial charge < -0.3 is 19.7 Å². The minimum Gasteiger partial charge on any atom is -0.390 e. The highest BCUT2D eigenvalue weighted by Crippen LogP contribution is 2.18. The van der Waals surface area contributed by atoms with E-state index in [4.69, 9.17) is 4.74 Å². The molecular weight excluding hydrogens is 399 g/mol. The molecule has 7 nitrogen and oxygen atoms in total. The molecule has 1 unspecified atom stereocenters. The Labute approximate surface area is 180 Å². The van der Waals surface area contributed by atoms with Crippen molar-refractivity contribution in [3.05, 3.63) is 65.7 Å². The lowest BCUT2D eigenvalue weighted by Crippen LogP contribution is -2.42. The molecule has 0 aliphatic carbocycles. The maximum Gasteiger partial charge on any atom is 0.227 e. The van der Waals surface area contributed by atoms with Crippen molar-refractivity contribution in [2.75, 3.05) is 32.8 Å². The minimum absolute atomic E-state index is 0.0974. The van der Waals surface area contributed by atoms with Crippen molar-refractivity contribution >= 4 is 16.9 Å². The fraction of sp³-hybridized carbons (Fsp3) is 0.391. The van der Waals surface area contributed by atoms with E-state index in [9.17, 15) is 14.3 Å². The molecule has 1 saturated heterocycles. The van der Waals surface area contributed by atoms with Crippen molar-refractivity contribution in [2.45, 2.75) is 25.6 Å². The average molecular weight is 426 g/mol. The van der Waals surface area contributed by atoms with E-state index in [1.165, 1.54) is 12.1 Å². The van der Waals surface area contributed by atoms with E-state index in [1.807, 2.05) is 28.8 Å². The molecule has 0 bridgehead atoms. The van der Waals surface area contributed by atoms with Crippen LogP contribution < -0.4 is 5.32 Å². The van der Waals surface area contributed by atoms with Gasteiger partial charge in [0, 0.05) is 26.2 Å². The third-order valence-corrected chi connectivity index (χ3v) is 5.42. The Morgan fingerprint density at radius 3 is 2.65 bits per heavy atom. The zero-order valence-corrected chi connectivity index (χ0v) is 17.3. The summed E-state index contributed by atoms with van der Waals surface area (Å²) in [4.78, 5) is 19.4. The van der Waals surface area contributed by atoms with Crippen LogP contribution in [0.5, 0.6) is 0 Å². The van der Waals surface area contributed by atoms with Crippen molar-refractivity contribution in [3.8, 4) is 0 Å². The summed E-state index contributed by atoms with van der Waals surface area (Å²) in [5, 5.41) is 13.6. The zero-order valence-electron chi connectivity index (χ0n) is 17.3. The molecule has 1 fully saturated rings. The van der Waals surface area contributed by atoms with Crippen molar-refractivity contribution in [3.63, 3.8) is 0 Å². The SMILES string of the molecule is O=C(Cc1nc2ccccc2n1CC(O)CN1CCOCC1)NCc1ccc(F)cc1. The van der Waals surface area contributed by atoms with Crippen LogP contribution in [-0.2, 0) is 29.0 Å². The molecule has 164 valence electrons. The molecule has 31 heavy (non-hydrogen) atoms. The molecular formula is C23H27FN4O3. The maximum atomic E-state index is 13.0. The van der Waals surface area contributed by atoms with Crippen molar-refractivity contribution in [1.29, 1.82) is 0 Å². The predicted molar refractivity (Wildman–Crippen MR) is 115 cm³/mol. The smallest absolute Gasteiger partial charge is 0.227 e. The van der Waals surface area contributed by atoms with E-state index >= 15 is 0 Å². The lowest BCUT2D eigenvalue weighted by Gasteiger charge is -2.28. The number of β-amino-alcohol motifs (C(OH)–C–C–N with tert-alkyl or cyclic N) is 1. The predicted octanol–water partition coefficient (Wildman–Crippen LogP) is 1.73. The van der Waals surface area contributed by atoms with Crippen LogP contribution in [0.25, 0.3) is 11.0 Å². The van der Waals surface area contributed by atoms with Crippen LogP contribution in [0.4, 0.5) is 4.39 Å². The summed E-state index contributed by atoms with van der Waals surface area (Å²) < 4.78 is 20.3. The number of imidazole rings is 1. The second kappa shape index (κ2) is 10.00.